The van der Waals surface area contributed by atoms with Crippen LogP contribution < -0.4 is 0 Å². The van der Waals surface area contributed by atoms with Gasteiger partial charge in [-0.2, -0.15) is 0 Å². The van der Waals surface area contributed by atoms with E-state index in [1.54, 1.807) is 6.92 Å². The van der Waals surface area contributed by atoms with Crippen LogP contribution in [0.3, 0.4) is 0 Å². The zero-order valence-corrected chi connectivity index (χ0v) is 12.5. The molecule has 1 rings (SSSR count). The standard InChI is InChI=1S/C14H22ClNO2/c1-6-18-8-10(3)16-9(2)7-13(12(16)5)14(17)11(4)15/h7,10-11H,6,8H2,1-5H3. The Labute approximate surface area is 114 Å². The lowest BCUT2D eigenvalue weighted by Crippen LogP contribution is -2.16. The molecule has 0 saturated carbocycles. The molecule has 2 atom stereocenters. The van der Waals surface area contributed by atoms with Gasteiger partial charge < -0.3 is 9.30 Å². The molecule has 0 aliphatic rings. The highest BCUT2D eigenvalue weighted by atomic mass is 35.5. The number of carbonyl (C=O) groups is 1. The second kappa shape index (κ2) is 6.39. The summed E-state index contributed by atoms with van der Waals surface area (Å²) in [6.07, 6.45) is 0. The van der Waals surface area contributed by atoms with E-state index >= 15 is 0 Å². The Morgan fingerprint density at radius 1 is 1.44 bits per heavy atom. The number of ketones is 1. The number of halogens is 1. The van der Waals surface area contributed by atoms with Crippen molar-refractivity contribution in [1.29, 1.82) is 0 Å². The predicted molar refractivity (Wildman–Crippen MR) is 74.8 cm³/mol. The number of rotatable bonds is 6. The molecule has 0 aromatic carbocycles. The summed E-state index contributed by atoms with van der Waals surface area (Å²) >= 11 is 5.88. The molecule has 0 radical (unpaired) electrons. The Kier molecular flexibility index (Phi) is 5.42. The molecule has 1 aromatic heterocycles. The topological polar surface area (TPSA) is 31.2 Å². The summed E-state index contributed by atoms with van der Waals surface area (Å²) in [4.78, 5) is 12.0. The van der Waals surface area contributed by atoms with Gasteiger partial charge in [0, 0.05) is 23.6 Å². The normalized spacial score (nSPS) is 14.6. The minimum absolute atomic E-state index is 0.0142. The quantitative estimate of drug-likeness (QED) is 0.586. The van der Waals surface area contributed by atoms with E-state index < -0.39 is 5.38 Å². The summed E-state index contributed by atoms with van der Waals surface area (Å²) in [6, 6.07) is 2.14. The van der Waals surface area contributed by atoms with Crippen molar-refractivity contribution in [2.45, 2.75) is 46.0 Å². The maximum absolute atomic E-state index is 12.0. The minimum Gasteiger partial charge on any atom is -0.380 e. The van der Waals surface area contributed by atoms with E-state index in [-0.39, 0.29) is 11.8 Å². The largest absolute Gasteiger partial charge is 0.380 e. The first-order valence-electron chi connectivity index (χ1n) is 6.34. The maximum Gasteiger partial charge on any atom is 0.182 e. The molecule has 4 heteroatoms. The lowest BCUT2D eigenvalue weighted by Gasteiger charge is -2.18. The zero-order valence-electron chi connectivity index (χ0n) is 11.8. The fraction of sp³-hybridized carbons (Fsp3) is 0.643. The average Bonchev–Trinajstić information content (AvgIpc) is 2.60. The van der Waals surface area contributed by atoms with Gasteiger partial charge in [-0.15, -0.1) is 11.6 Å². The van der Waals surface area contributed by atoms with Crippen LogP contribution in [0.2, 0.25) is 0 Å². The van der Waals surface area contributed by atoms with Crippen molar-refractivity contribution in [3.05, 3.63) is 23.0 Å². The van der Waals surface area contributed by atoms with E-state index in [0.717, 1.165) is 17.0 Å². The van der Waals surface area contributed by atoms with E-state index in [0.29, 0.717) is 13.2 Å². The number of aryl methyl sites for hydroxylation is 1. The van der Waals surface area contributed by atoms with Gasteiger partial charge in [0.1, 0.15) is 0 Å². The molecule has 1 heterocycles. The third-order valence-corrected chi connectivity index (χ3v) is 3.31. The summed E-state index contributed by atoms with van der Waals surface area (Å²) in [5.74, 6) is -0.0142. The van der Waals surface area contributed by atoms with Crippen molar-refractivity contribution in [3.8, 4) is 0 Å². The van der Waals surface area contributed by atoms with Crippen molar-refractivity contribution in [1.82, 2.24) is 4.57 Å². The fourth-order valence-corrected chi connectivity index (χ4v) is 2.40. The molecule has 3 nitrogen and oxygen atoms in total. The first-order chi connectivity index (χ1) is 8.40. The average molecular weight is 272 g/mol. The first-order valence-corrected chi connectivity index (χ1v) is 6.78. The van der Waals surface area contributed by atoms with E-state index in [1.165, 1.54) is 0 Å². The number of carbonyl (C=O) groups excluding carboxylic acids is 1. The molecule has 0 N–H and O–H groups in total. The van der Waals surface area contributed by atoms with Crippen LogP contribution in [0.15, 0.2) is 6.07 Å². The predicted octanol–water partition coefficient (Wildman–Crippen LogP) is 3.51. The van der Waals surface area contributed by atoms with Gasteiger partial charge in [-0.3, -0.25) is 4.79 Å². The molecule has 2 unspecified atom stereocenters. The summed E-state index contributed by atoms with van der Waals surface area (Å²) < 4.78 is 7.59. The molecule has 0 bridgehead atoms. The Morgan fingerprint density at radius 2 is 2.06 bits per heavy atom. The van der Waals surface area contributed by atoms with E-state index in [2.05, 4.69) is 11.5 Å². The van der Waals surface area contributed by atoms with Gasteiger partial charge in [-0.05, 0) is 40.7 Å². The Morgan fingerprint density at radius 3 is 2.56 bits per heavy atom. The molecule has 0 aliphatic heterocycles. The molecule has 0 aliphatic carbocycles. The van der Waals surface area contributed by atoms with E-state index in [4.69, 9.17) is 16.3 Å². The Balaban J connectivity index is 3.04. The van der Waals surface area contributed by atoms with Crippen molar-refractivity contribution in [2.24, 2.45) is 0 Å². The van der Waals surface area contributed by atoms with Crippen LogP contribution in [0, 0.1) is 13.8 Å². The second-order valence-corrected chi connectivity index (χ2v) is 5.30. The molecule has 0 saturated heterocycles. The molecule has 1 aromatic rings. The van der Waals surface area contributed by atoms with Crippen LogP contribution in [0.25, 0.3) is 0 Å². The molecule has 102 valence electrons. The number of hydrogen-bond acceptors (Lipinski definition) is 2. The van der Waals surface area contributed by atoms with Crippen molar-refractivity contribution < 1.29 is 9.53 Å². The maximum atomic E-state index is 12.0. The van der Waals surface area contributed by atoms with Crippen LogP contribution in [0.1, 0.15) is 48.6 Å². The lowest BCUT2D eigenvalue weighted by molar-refractivity contribution is 0.0989. The lowest BCUT2D eigenvalue weighted by atomic mass is 10.1. The number of aromatic nitrogens is 1. The summed E-state index contributed by atoms with van der Waals surface area (Å²) in [5, 5.41) is -0.485. The van der Waals surface area contributed by atoms with Gasteiger partial charge >= 0.3 is 0 Å². The van der Waals surface area contributed by atoms with Gasteiger partial charge in [-0.1, -0.05) is 0 Å². The number of Topliss-reactive ketones (excluding diaryl/α,β-unsaturated/α-hetero) is 1. The van der Waals surface area contributed by atoms with Crippen LogP contribution >= 0.6 is 11.6 Å². The summed E-state index contributed by atoms with van der Waals surface area (Å²) in [5.41, 5.74) is 2.76. The van der Waals surface area contributed by atoms with Crippen LogP contribution in [0.5, 0.6) is 0 Å². The SMILES string of the molecule is CCOCC(C)n1c(C)cc(C(=O)C(C)Cl)c1C. The van der Waals surface area contributed by atoms with Gasteiger partial charge in [-0.25, -0.2) is 0 Å². The third-order valence-electron chi connectivity index (χ3n) is 3.12. The Bertz CT molecular complexity index is 424. The highest BCUT2D eigenvalue weighted by molar-refractivity contribution is 6.33. The second-order valence-electron chi connectivity index (χ2n) is 4.64. The van der Waals surface area contributed by atoms with Crippen LogP contribution in [-0.4, -0.2) is 28.9 Å². The molecule has 0 amide bonds. The van der Waals surface area contributed by atoms with E-state index in [9.17, 15) is 4.79 Å². The first kappa shape index (κ1) is 15.3. The zero-order chi connectivity index (χ0) is 13.9. The van der Waals surface area contributed by atoms with Crippen molar-refractivity contribution in [2.75, 3.05) is 13.2 Å². The number of nitrogens with zero attached hydrogens (tertiary/aromatic N) is 1. The monoisotopic (exact) mass is 271 g/mol. The van der Waals surface area contributed by atoms with E-state index in [1.807, 2.05) is 26.8 Å². The summed E-state index contributed by atoms with van der Waals surface area (Å²) in [7, 11) is 0. The van der Waals surface area contributed by atoms with Crippen molar-refractivity contribution >= 4 is 17.4 Å². The molecular formula is C14H22ClNO2. The van der Waals surface area contributed by atoms with Crippen LogP contribution in [-0.2, 0) is 4.74 Å². The number of hydrogen-bond donors (Lipinski definition) is 0. The van der Waals surface area contributed by atoms with Gasteiger partial charge in [0.2, 0.25) is 0 Å². The minimum atomic E-state index is -0.485. The van der Waals surface area contributed by atoms with Gasteiger partial charge in [0.15, 0.2) is 5.78 Å². The fourth-order valence-electron chi connectivity index (χ4n) is 2.28. The molecule has 0 fully saturated rings. The van der Waals surface area contributed by atoms with Gasteiger partial charge in [0.25, 0.3) is 0 Å². The highest BCUT2D eigenvalue weighted by Crippen LogP contribution is 2.22. The molecule has 0 spiro atoms. The molecule has 18 heavy (non-hydrogen) atoms. The van der Waals surface area contributed by atoms with Crippen LogP contribution in [0.4, 0.5) is 0 Å². The number of ether oxygens (including phenoxy) is 1. The third kappa shape index (κ3) is 3.15. The smallest absolute Gasteiger partial charge is 0.182 e. The highest BCUT2D eigenvalue weighted by Gasteiger charge is 2.21. The van der Waals surface area contributed by atoms with Gasteiger partial charge in [0.05, 0.1) is 18.0 Å². The summed E-state index contributed by atoms with van der Waals surface area (Å²) in [6.45, 7) is 11.1. The Hall–Kier alpha value is -0.800. The molecular weight excluding hydrogens is 250 g/mol. The van der Waals surface area contributed by atoms with Crippen molar-refractivity contribution in [3.63, 3.8) is 0 Å². The number of alkyl halides is 1.